The van der Waals surface area contributed by atoms with Gasteiger partial charge in [0.15, 0.2) is 12.4 Å². The minimum atomic E-state index is -0.737. The number of nitrogens with one attached hydrogen (secondary N) is 1. The quantitative estimate of drug-likeness (QED) is 0.492. The Labute approximate surface area is 143 Å². The van der Waals surface area contributed by atoms with Gasteiger partial charge in [-0.05, 0) is 37.3 Å². The summed E-state index contributed by atoms with van der Waals surface area (Å²) >= 11 is 5.76. The van der Waals surface area contributed by atoms with Gasteiger partial charge >= 0.3 is 5.97 Å². The number of ether oxygens (including phenoxy) is 1. The van der Waals surface area contributed by atoms with Crippen LogP contribution in [0.2, 0.25) is 5.02 Å². The minimum Gasteiger partial charge on any atom is -0.452 e. The molecule has 2 aromatic carbocycles. The maximum atomic E-state index is 11.9. The molecule has 0 aliphatic carbocycles. The van der Waals surface area contributed by atoms with Crippen LogP contribution < -0.4 is 11.1 Å². The van der Waals surface area contributed by atoms with Crippen molar-refractivity contribution in [3.8, 4) is 0 Å². The van der Waals surface area contributed by atoms with Gasteiger partial charge in [-0.25, -0.2) is 4.79 Å². The van der Waals surface area contributed by atoms with Gasteiger partial charge in [0.25, 0.3) is 5.91 Å². The highest BCUT2D eigenvalue weighted by Gasteiger charge is 2.15. The molecule has 7 heteroatoms. The smallest absolute Gasteiger partial charge is 0.340 e. The molecule has 2 rings (SSSR count). The van der Waals surface area contributed by atoms with Crippen LogP contribution in [0, 0.1) is 0 Å². The first-order valence-electron chi connectivity index (χ1n) is 7.00. The Morgan fingerprint density at radius 3 is 2.50 bits per heavy atom. The molecule has 0 aliphatic rings. The number of nitrogen functional groups attached to an aromatic ring is 1. The Morgan fingerprint density at radius 1 is 1.12 bits per heavy atom. The largest absolute Gasteiger partial charge is 0.452 e. The number of rotatable bonds is 5. The minimum absolute atomic E-state index is 0.122. The monoisotopic (exact) mass is 346 g/mol. The molecular weight excluding hydrogens is 332 g/mol. The molecule has 124 valence electrons. The molecule has 0 aromatic heterocycles. The lowest BCUT2D eigenvalue weighted by Crippen LogP contribution is -2.22. The van der Waals surface area contributed by atoms with E-state index in [9.17, 15) is 14.4 Å². The maximum Gasteiger partial charge on any atom is 0.340 e. The maximum absolute atomic E-state index is 11.9. The Morgan fingerprint density at radius 2 is 1.83 bits per heavy atom. The van der Waals surface area contributed by atoms with Crippen LogP contribution in [-0.4, -0.2) is 24.3 Å². The van der Waals surface area contributed by atoms with Crippen molar-refractivity contribution in [3.05, 3.63) is 58.6 Å². The number of hydrogen-bond acceptors (Lipinski definition) is 5. The van der Waals surface area contributed by atoms with Gasteiger partial charge in [0.05, 0.1) is 11.3 Å². The van der Waals surface area contributed by atoms with Crippen molar-refractivity contribution in [1.29, 1.82) is 0 Å². The van der Waals surface area contributed by atoms with E-state index in [1.165, 1.54) is 25.1 Å². The van der Waals surface area contributed by atoms with Gasteiger partial charge in [-0.2, -0.15) is 0 Å². The summed E-state index contributed by atoms with van der Waals surface area (Å²) in [6, 6.07) is 10.9. The standard InChI is InChI=1S/C17H15ClN2O4/c1-10(21)12-4-2-3-5-15(12)20-16(22)9-24-17(23)13-7-6-11(18)8-14(13)19/h2-8H,9,19H2,1H3,(H,20,22). The molecule has 3 N–H and O–H groups in total. The van der Waals surface area contributed by atoms with E-state index in [1.807, 2.05) is 0 Å². The molecule has 0 heterocycles. The van der Waals surface area contributed by atoms with Crippen molar-refractivity contribution < 1.29 is 19.1 Å². The zero-order chi connectivity index (χ0) is 17.7. The highest BCUT2D eigenvalue weighted by atomic mass is 35.5. The third kappa shape index (κ3) is 4.33. The van der Waals surface area contributed by atoms with Crippen molar-refractivity contribution in [2.24, 2.45) is 0 Å². The number of hydrogen-bond donors (Lipinski definition) is 2. The molecule has 0 atom stereocenters. The van der Waals surface area contributed by atoms with Crippen LogP contribution in [-0.2, 0) is 9.53 Å². The van der Waals surface area contributed by atoms with Gasteiger partial charge in [0, 0.05) is 16.3 Å². The Bertz CT molecular complexity index is 805. The summed E-state index contributed by atoms with van der Waals surface area (Å²) in [6.07, 6.45) is 0. The highest BCUT2D eigenvalue weighted by Crippen LogP contribution is 2.19. The fraction of sp³-hybridized carbons (Fsp3) is 0.118. The lowest BCUT2D eigenvalue weighted by atomic mass is 10.1. The fourth-order valence-electron chi connectivity index (χ4n) is 2.01. The summed E-state index contributed by atoms with van der Waals surface area (Å²) in [7, 11) is 0. The molecule has 0 saturated heterocycles. The molecular formula is C17H15ClN2O4. The molecule has 6 nitrogen and oxygen atoms in total. The number of carbonyl (C=O) groups excluding carboxylic acids is 3. The van der Waals surface area contributed by atoms with E-state index in [-0.39, 0.29) is 17.0 Å². The second-order valence-electron chi connectivity index (χ2n) is 4.96. The molecule has 0 bridgehead atoms. The van der Waals surface area contributed by atoms with Crippen LogP contribution >= 0.6 is 11.6 Å². The molecule has 0 spiro atoms. The summed E-state index contributed by atoms with van der Waals surface area (Å²) < 4.78 is 4.92. The molecule has 1 amide bonds. The Kier molecular flexibility index (Phi) is 5.55. The average Bonchev–Trinajstić information content (AvgIpc) is 2.53. The number of amides is 1. The predicted molar refractivity (Wildman–Crippen MR) is 91.2 cm³/mol. The second kappa shape index (κ2) is 7.61. The number of para-hydroxylation sites is 1. The van der Waals surface area contributed by atoms with Gasteiger partial charge in [0.2, 0.25) is 0 Å². The first-order chi connectivity index (χ1) is 11.4. The number of nitrogens with two attached hydrogens (primary N) is 1. The van der Waals surface area contributed by atoms with Crippen molar-refractivity contribution in [2.45, 2.75) is 6.92 Å². The Hall–Kier alpha value is -2.86. The molecule has 0 unspecified atom stereocenters. The molecule has 24 heavy (non-hydrogen) atoms. The summed E-state index contributed by atoms with van der Waals surface area (Å²) in [6.45, 7) is 0.890. The van der Waals surface area contributed by atoms with Crippen molar-refractivity contribution in [3.63, 3.8) is 0 Å². The lowest BCUT2D eigenvalue weighted by molar-refractivity contribution is -0.119. The van der Waals surface area contributed by atoms with Gasteiger partial charge in [-0.15, -0.1) is 0 Å². The van der Waals surface area contributed by atoms with Crippen LogP contribution in [0.1, 0.15) is 27.6 Å². The molecule has 0 saturated carbocycles. The summed E-state index contributed by atoms with van der Waals surface area (Å²) in [5.74, 6) is -1.49. The van der Waals surface area contributed by atoms with Crippen molar-refractivity contribution in [1.82, 2.24) is 0 Å². The number of carbonyl (C=O) groups is 3. The van der Waals surface area contributed by atoms with E-state index in [0.29, 0.717) is 16.3 Å². The normalized spacial score (nSPS) is 10.1. The van der Waals surface area contributed by atoms with E-state index in [0.717, 1.165) is 0 Å². The molecule has 0 aliphatic heterocycles. The highest BCUT2D eigenvalue weighted by molar-refractivity contribution is 6.31. The van der Waals surface area contributed by atoms with E-state index in [1.54, 1.807) is 24.3 Å². The zero-order valence-corrected chi connectivity index (χ0v) is 13.6. The van der Waals surface area contributed by atoms with E-state index in [2.05, 4.69) is 5.32 Å². The molecule has 2 aromatic rings. The van der Waals surface area contributed by atoms with Crippen molar-refractivity contribution >= 4 is 40.6 Å². The summed E-state index contributed by atoms with van der Waals surface area (Å²) in [5, 5.41) is 2.92. The number of Topliss-reactive ketones (excluding diaryl/α,β-unsaturated/α-hetero) is 1. The number of esters is 1. The number of anilines is 2. The number of benzene rings is 2. The third-order valence-corrected chi connectivity index (χ3v) is 3.38. The average molecular weight is 347 g/mol. The van der Waals surface area contributed by atoms with Gasteiger partial charge in [0.1, 0.15) is 0 Å². The van der Waals surface area contributed by atoms with E-state index >= 15 is 0 Å². The summed E-state index contributed by atoms with van der Waals surface area (Å²) in [4.78, 5) is 35.3. The van der Waals surface area contributed by atoms with Crippen LogP contribution in [0.5, 0.6) is 0 Å². The Balaban J connectivity index is 1.99. The predicted octanol–water partition coefficient (Wildman–Crippen LogP) is 2.92. The van der Waals surface area contributed by atoms with Crippen LogP contribution in [0.15, 0.2) is 42.5 Å². The van der Waals surface area contributed by atoms with Crippen LogP contribution in [0.4, 0.5) is 11.4 Å². The van der Waals surface area contributed by atoms with E-state index < -0.39 is 18.5 Å². The first kappa shape index (κ1) is 17.5. The summed E-state index contributed by atoms with van der Waals surface area (Å²) in [5.41, 5.74) is 6.70. The van der Waals surface area contributed by atoms with Crippen LogP contribution in [0.3, 0.4) is 0 Å². The topological polar surface area (TPSA) is 98.5 Å². The third-order valence-electron chi connectivity index (χ3n) is 3.15. The molecule has 0 fully saturated rings. The zero-order valence-electron chi connectivity index (χ0n) is 12.8. The fourth-order valence-corrected chi connectivity index (χ4v) is 2.19. The molecule has 0 radical (unpaired) electrons. The number of halogens is 1. The van der Waals surface area contributed by atoms with E-state index in [4.69, 9.17) is 22.1 Å². The van der Waals surface area contributed by atoms with Gasteiger partial charge < -0.3 is 15.8 Å². The first-order valence-corrected chi connectivity index (χ1v) is 7.38. The lowest BCUT2D eigenvalue weighted by Gasteiger charge is -2.10. The van der Waals surface area contributed by atoms with Gasteiger partial charge in [-0.3, -0.25) is 9.59 Å². The SMILES string of the molecule is CC(=O)c1ccccc1NC(=O)COC(=O)c1ccc(Cl)cc1N. The number of ketones is 1. The van der Waals surface area contributed by atoms with Crippen LogP contribution in [0.25, 0.3) is 0 Å². The van der Waals surface area contributed by atoms with Crippen molar-refractivity contribution in [2.75, 3.05) is 17.7 Å². The second-order valence-corrected chi connectivity index (χ2v) is 5.39. The van der Waals surface area contributed by atoms with Gasteiger partial charge in [-0.1, -0.05) is 23.7 Å².